The first-order chi connectivity index (χ1) is 9.72. The molecule has 1 nitrogen and oxygen atoms in total. The quantitative estimate of drug-likeness (QED) is 0.628. The van der Waals surface area contributed by atoms with Gasteiger partial charge in [0.25, 0.3) is 0 Å². The summed E-state index contributed by atoms with van der Waals surface area (Å²) >= 11 is 0. The van der Waals surface area contributed by atoms with Gasteiger partial charge in [-0.05, 0) is 37.1 Å². The van der Waals surface area contributed by atoms with E-state index >= 15 is 0 Å². The molecule has 0 bridgehead atoms. The Bertz CT molecular complexity index is 692. The molecule has 20 heavy (non-hydrogen) atoms. The van der Waals surface area contributed by atoms with Crippen molar-refractivity contribution in [1.82, 2.24) is 4.98 Å². The van der Waals surface area contributed by atoms with Gasteiger partial charge in [-0.25, -0.2) is 0 Å². The molecule has 0 amide bonds. The van der Waals surface area contributed by atoms with E-state index in [0.29, 0.717) is 0 Å². The maximum absolute atomic E-state index is 4.38. The minimum Gasteiger partial charge on any atom is -0.256 e. The van der Waals surface area contributed by atoms with E-state index in [4.69, 9.17) is 0 Å². The molecular weight excluding hydrogens is 242 g/mol. The van der Waals surface area contributed by atoms with Gasteiger partial charge in [0.2, 0.25) is 0 Å². The summed E-state index contributed by atoms with van der Waals surface area (Å²) < 4.78 is 0. The van der Waals surface area contributed by atoms with Crippen LogP contribution in [0.25, 0.3) is 22.4 Å². The number of benzene rings is 2. The molecule has 0 N–H and O–H groups in total. The van der Waals surface area contributed by atoms with Crippen LogP contribution in [-0.4, -0.2) is 4.98 Å². The molecule has 1 heteroatoms. The third-order valence-electron chi connectivity index (χ3n) is 3.40. The number of hydrogen-bond donors (Lipinski definition) is 0. The fourth-order valence-corrected chi connectivity index (χ4v) is 2.51. The largest absolute Gasteiger partial charge is 0.256 e. The van der Waals surface area contributed by atoms with E-state index < -0.39 is 0 Å². The standard InChI is InChI=1S/C19H17N/c1-14-11-15(2)13-18(12-14)16-6-8-17(9-7-16)19-5-3-4-10-20-19/h3-13H,1-2H3. The second kappa shape index (κ2) is 5.30. The normalized spacial score (nSPS) is 10.5. The number of rotatable bonds is 2. The monoisotopic (exact) mass is 259 g/mol. The van der Waals surface area contributed by atoms with E-state index in [1.165, 1.54) is 22.3 Å². The summed E-state index contributed by atoms with van der Waals surface area (Å²) in [5, 5.41) is 0. The fourth-order valence-electron chi connectivity index (χ4n) is 2.51. The van der Waals surface area contributed by atoms with E-state index in [-0.39, 0.29) is 0 Å². The lowest BCUT2D eigenvalue weighted by atomic mass is 9.99. The highest BCUT2D eigenvalue weighted by molar-refractivity contribution is 5.69. The molecule has 0 radical (unpaired) electrons. The first-order valence-electron chi connectivity index (χ1n) is 6.82. The van der Waals surface area contributed by atoms with Gasteiger partial charge in [-0.1, -0.05) is 59.7 Å². The van der Waals surface area contributed by atoms with Gasteiger partial charge in [-0.3, -0.25) is 4.98 Å². The highest BCUT2D eigenvalue weighted by Crippen LogP contribution is 2.25. The summed E-state index contributed by atoms with van der Waals surface area (Å²) in [6.45, 7) is 4.28. The van der Waals surface area contributed by atoms with Crippen LogP contribution >= 0.6 is 0 Å². The highest BCUT2D eigenvalue weighted by Gasteiger charge is 2.02. The van der Waals surface area contributed by atoms with Crippen molar-refractivity contribution in [3.05, 3.63) is 78.0 Å². The SMILES string of the molecule is Cc1cc(C)cc(-c2ccc(-c3ccccn3)cc2)c1. The number of aryl methyl sites for hydroxylation is 2. The van der Waals surface area contributed by atoms with Crippen molar-refractivity contribution in [3.8, 4) is 22.4 Å². The van der Waals surface area contributed by atoms with E-state index in [2.05, 4.69) is 61.3 Å². The summed E-state index contributed by atoms with van der Waals surface area (Å²) in [4.78, 5) is 4.38. The Hall–Kier alpha value is -2.41. The zero-order valence-corrected chi connectivity index (χ0v) is 11.8. The molecule has 0 fully saturated rings. The van der Waals surface area contributed by atoms with Crippen LogP contribution in [0, 0.1) is 13.8 Å². The van der Waals surface area contributed by atoms with Crippen molar-refractivity contribution in [1.29, 1.82) is 0 Å². The summed E-state index contributed by atoms with van der Waals surface area (Å²) in [5.74, 6) is 0. The molecule has 0 unspecified atom stereocenters. The van der Waals surface area contributed by atoms with E-state index in [9.17, 15) is 0 Å². The lowest BCUT2D eigenvalue weighted by molar-refractivity contribution is 1.33. The summed E-state index contributed by atoms with van der Waals surface area (Å²) in [6.07, 6.45) is 1.83. The smallest absolute Gasteiger partial charge is 0.0701 e. The minimum absolute atomic E-state index is 1.01. The van der Waals surface area contributed by atoms with Crippen LogP contribution in [0.1, 0.15) is 11.1 Å². The molecule has 0 aliphatic heterocycles. The molecule has 1 heterocycles. The van der Waals surface area contributed by atoms with Crippen molar-refractivity contribution in [2.24, 2.45) is 0 Å². The predicted molar refractivity (Wildman–Crippen MR) is 84.6 cm³/mol. The molecule has 0 saturated heterocycles. The Morgan fingerprint density at radius 1 is 0.650 bits per heavy atom. The lowest BCUT2D eigenvalue weighted by Gasteiger charge is -2.07. The predicted octanol–water partition coefficient (Wildman–Crippen LogP) is 5.03. The van der Waals surface area contributed by atoms with Crippen LogP contribution < -0.4 is 0 Å². The van der Waals surface area contributed by atoms with Gasteiger partial charge in [-0.15, -0.1) is 0 Å². The summed E-state index contributed by atoms with van der Waals surface area (Å²) in [5.41, 5.74) is 7.28. The Balaban J connectivity index is 1.97. The first kappa shape index (κ1) is 12.6. The number of pyridine rings is 1. The topological polar surface area (TPSA) is 12.9 Å². The van der Waals surface area contributed by atoms with Gasteiger partial charge in [0.15, 0.2) is 0 Å². The summed E-state index contributed by atoms with van der Waals surface area (Å²) in [6, 6.07) is 21.2. The average molecular weight is 259 g/mol. The van der Waals surface area contributed by atoms with Crippen LogP contribution in [0.15, 0.2) is 66.9 Å². The maximum atomic E-state index is 4.38. The van der Waals surface area contributed by atoms with Crippen LogP contribution in [0.5, 0.6) is 0 Å². The minimum atomic E-state index is 1.01. The highest BCUT2D eigenvalue weighted by atomic mass is 14.7. The van der Waals surface area contributed by atoms with Crippen molar-refractivity contribution >= 4 is 0 Å². The van der Waals surface area contributed by atoms with Gasteiger partial charge in [0, 0.05) is 11.8 Å². The van der Waals surface area contributed by atoms with E-state index in [1.807, 2.05) is 24.4 Å². The Labute approximate surface area is 119 Å². The molecule has 0 spiro atoms. The van der Waals surface area contributed by atoms with Crippen LogP contribution in [0.2, 0.25) is 0 Å². The summed E-state index contributed by atoms with van der Waals surface area (Å²) in [7, 11) is 0. The van der Waals surface area contributed by atoms with Gasteiger partial charge in [0.05, 0.1) is 5.69 Å². The first-order valence-corrected chi connectivity index (χ1v) is 6.82. The lowest BCUT2D eigenvalue weighted by Crippen LogP contribution is -1.85. The molecule has 1 aromatic heterocycles. The Morgan fingerprint density at radius 2 is 1.30 bits per heavy atom. The molecule has 0 saturated carbocycles. The molecule has 0 aliphatic rings. The van der Waals surface area contributed by atoms with Gasteiger partial charge >= 0.3 is 0 Å². The third kappa shape index (κ3) is 2.62. The van der Waals surface area contributed by atoms with Gasteiger partial charge < -0.3 is 0 Å². The van der Waals surface area contributed by atoms with Crippen molar-refractivity contribution in [2.75, 3.05) is 0 Å². The maximum Gasteiger partial charge on any atom is 0.0701 e. The van der Waals surface area contributed by atoms with Gasteiger partial charge in [0.1, 0.15) is 0 Å². The van der Waals surface area contributed by atoms with Crippen molar-refractivity contribution in [3.63, 3.8) is 0 Å². The molecule has 0 atom stereocenters. The fraction of sp³-hybridized carbons (Fsp3) is 0.105. The number of aromatic nitrogens is 1. The van der Waals surface area contributed by atoms with Gasteiger partial charge in [-0.2, -0.15) is 0 Å². The third-order valence-corrected chi connectivity index (χ3v) is 3.40. The molecular formula is C19H17N. The zero-order chi connectivity index (χ0) is 13.9. The molecule has 0 aliphatic carbocycles. The van der Waals surface area contributed by atoms with Crippen LogP contribution in [-0.2, 0) is 0 Å². The second-order valence-electron chi connectivity index (χ2n) is 5.17. The van der Waals surface area contributed by atoms with Crippen molar-refractivity contribution in [2.45, 2.75) is 13.8 Å². The van der Waals surface area contributed by atoms with Crippen LogP contribution in [0.4, 0.5) is 0 Å². The molecule has 3 rings (SSSR count). The van der Waals surface area contributed by atoms with E-state index in [1.54, 1.807) is 0 Å². The molecule has 2 aromatic carbocycles. The molecule has 98 valence electrons. The second-order valence-corrected chi connectivity index (χ2v) is 5.17. The molecule has 3 aromatic rings. The Morgan fingerprint density at radius 3 is 1.90 bits per heavy atom. The number of hydrogen-bond acceptors (Lipinski definition) is 1. The van der Waals surface area contributed by atoms with Crippen LogP contribution in [0.3, 0.4) is 0 Å². The zero-order valence-electron chi connectivity index (χ0n) is 11.8. The van der Waals surface area contributed by atoms with E-state index in [0.717, 1.165) is 11.3 Å². The van der Waals surface area contributed by atoms with Crippen molar-refractivity contribution < 1.29 is 0 Å². The average Bonchev–Trinajstić information content (AvgIpc) is 2.47. The Kier molecular flexibility index (Phi) is 3.34. The number of nitrogens with zero attached hydrogens (tertiary/aromatic N) is 1.